The third-order valence-corrected chi connectivity index (χ3v) is 9.39. The van der Waals surface area contributed by atoms with Crippen molar-refractivity contribution in [1.29, 1.82) is 0 Å². The van der Waals surface area contributed by atoms with Crippen LogP contribution in [-0.2, 0) is 35.6 Å². The number of para-hydroxylation sites is 2. The van der Waals surface area contributed by atoms with Crippen LogP contribution >= 0.6 is 11.6 Å². The second-order valence-corrected chi connectivity index (χ2v) is 12.4. The molecule has 12 heteroatoms. The average Bonchev–Trinajstić information content (AvgIpc) is 3.48. The lowest BCUT2D eigenvalue weighted by Gasteiger charge is -2.33. The van der Waals surface area contributed by atoms with Gasteiger partial charge in [0.2, 0.25) is 11.8 Å². The summed E-state index contributed by atoms with van der Waals surface area (Å²) in [6.45, 7) is 6.77. The molecule has 232 valence electrons. The highest BCUT2D eigenvalue weighted by Crippen LogP contribution is 2.32. The molecule has 2 aliphatic rings. The first kappa shape index (κ1) is 30.1. The normalized spacial score (nSPS) is 16.8. The van der Waals surface area contributed by atoms with Gasteiger partial charge in [-0.05, 0) is 49.6 Å². The van der Waals surface area contributed by atoms with E-state index in [-0.39, 0.29) is 24.2 Å². The molecule has 2 amide bonds. The lowest BCUT2D eigenvalue weighted by Crippen LogP contribution is -2.42. The summed E-state index contributed by atoms with van der Waals surface area (Å²) in [5.41, 5.74) is 11.5. The summed E-state index contributed by atoms with van der Waals surface area (Å²) in [7, 11) is 0. The van der Waals surface area contributed by atoms with Crippen LogP contribution in [0.3, 0.4) is 0 Å². The summed E-state index contributed by atoms with van der Waals surface area (Å²) in [6.07, 6.45) is 1.51. The fourth-order valence-electron chi connectivity index (χ4n) is 6.74. The van der Waals surface area contributed by atoms with Crippen molar-refractivity contribution < 1.29 is 14.7 Å². The van der Waals surface area contributed by atoms with Gasteiger partial charge in [0, 0.05) is 74.0 Å². The first-order chi connectivity index (χ1) is 21.1. The SMILES string of the molecule is CC(=O)N1CCc2c(c(-c3ccc(Cl)c(C)c3)nn2CC(O)CN2CCC(n3c(=O)n(CC(N)=O)c4ccccc43)CC2)C1. The van der Waals surface area contributed by atoms with Crippen molar-refractivity contribution in [3.63, 3.8) is 0 Å². The Morgan fingerprint density at radius 3 is 2.50 bits per heavy atom. The summed E-state index contributed by atoms with van der Waals surface area (Å²) >= 11 is 6.29. The van der Waals surface area contributed by atoms with Crippen LogP contribution in [0.15, 0.2) is 47.3 Å². The van der Waals surface area contributed by atoms with Crippen LogP contribution in [0.5, 0.6) is 0 Å². The average molecular weight is 620 g/mol. The number of rotatable bonds is 8. The molecule has 0 saturated carbocycles. The van der Waals surface area contributed by atoms with Gasteiger partial charge in [-0.15, -0.1) is 0 Å². The van der Waals surface area contributed by atoms with Crippen LogP contribution in [0.1, 0.15) is 42.6 Å². The van der Waals surface area contributed by atoms with Gasteiger partial charge in [0.15, 0.2) is 0 Å². The second kappa shape index (κ2) is 12.2. The summed E-state index contributed by atoms with van der Waals surface area (Å²) in [5, 5.41) is 16.9. The Hall–Kier alpha value is -3.93. The molecule has 2 aromatic carbocycles. The minimum atomic E-state index is -0.651. The summed E-state index contributed by atoms with van der Waals surface area (Å²) in [5.74, 6) is -0.520. The predicted octanol–water partition coefficient (Wildman–Crippen LogP) is 2.72. The van der Waals surface area contributed by atoms with Crippen molar-refractivity contribution in [2.24, 2.45) is 5.73 Å². The molecule has 1 atom stereocenters. The van der Waals surface area contributed by atoms with Gasteiger partial charge in [-0.3, -0.25) is 23.4 Å². The minimum absolute atomic E-state index is 0.0114. The van der Waals surface area contributed by atoms with E-state index in [4.69, 9.17) is 22.4 Å². The van der Waals surface area contributed by atoms with Crippen molar-refractivity contribution in [3.05, 3.63) is 74.8 Å². The molecular formula is C32H38ClN7O4. The molecule has 4 aromatic rings. The molecule has 1 fully saturated rings. The van der Waals surface area contributed by atoms with Crippen LogP contribution in [0.2, 0.25) is 5.02 Å². The number of β-amino-alcohol motifs (C(OH)–C–C–N with tert-alkyl or cyclic N) is 1. The van der Waals surface area contributed by atoms with E-state index < -0.39 is 12.0 Å². The molecule has 44 heavy (non-hydrogen) atoms. The number of benzene rings is 2. The minimum Gasteiger partial charge on any atom is -0.390 e. The van der Waals surface area contributed by atoms with Crippen molar-refractivity contribution >= 4 is 34.4 Å². The maximum Gasteiger partial charge on any atom is 0.329 e. The smallest absolute Gasteiger partial charge is 0.329 e. The Morgan fingerprint density at radius 1 is 1.09 bits per heavy atom. The number of likely N-dealkylation sites (tertiary alicyclic amines) is 1. The summed E-state index contributed by atoms with van der Waals surface area (Å²) in [4.78, 5) is 41.2. The number of primary amides is 1. The number of nitrogens with zero attached hydrogens (tertiary/aromatic N) is 6. The van der Waals surface area contributed by atoms with Gasteiger partial charge in [0.05, 0.1) is 29.4 Å². The number of aryl methyl sites for hydroxylation is 1. The van der Waals surface area contributed by atoms with Crippen LogP contribution in [0, 0.1) is 6.92 Å². The van der Waals surface area contributed by atoms with E-state index in [1.807, 2.05) is 59.0 Å². The predicted molar refractivity (Wildman–Crippen MR) is 168 cm³/mol. The third kappa shape index (κ3) is 5.79. The number of piperidine rings is 1. The molecule has 3 N–H and O–H groups in total. The highest BCUT2D eigenvalue weighted by Gasteiger charge is 2.30. The largest absolute Gasteiger partial charge is 0.390 e. The topological polar surface area (TPSA) is 132 Å². The van der Waals surface area contributed by atoms with E-state index in [9.17, 15) is 19.5 Å². The van der Waals surface area contributed by atoms with Crippen LogP contribution in [-0.4, -0.2) is 77.9 Å². The Labute approximate surface area is 260 Å². The molecule has 1 saturated heterocycles. The maximum atomic E-state index is 13.3. The first-order valence-electron chi connectivity index (χ1n) is 15.1. The number of nitrogens with two attached hydrogens (primary N) is 1. The third-order valence-electron chi connectivity index (χ3n) is 8.97. The standard InChI is InChI=1S/C32H38ClN7O4/c1-20-15-22(7-8-26(20)33)31-25-18-37(21(2)41)14-11-27(25)39(35-31)17-24(42)16-36-12-9-23(10-13-36)40-29-6-4-3-5-28(29)38(32(40)44)19-30(34)43/h3-8,15,23-24,42H,9-14,16-19H2,1-2H3,(H2,34,43). The van der Waals surface area contributed by atoms with Crippen LogP contribution in [0.4, 0.5) is 0 Å². The van der Waals surface area contributed by atoms with Gasteiger partial charge in [0.25, 0.3) is 0 Å². The number of hydrogen-bond acceptors (Lipinski definition) is 6. The Bertz CT molecular complexity index is 1780. The number of aliphatic hydroxyl groups is 1. The maximum absolute atomic E-state index is 13.3. The summed E-state index contributed by atoms with van der Waals surface area (Å²) in [6, 6.07) is 13.3. The molecule has 4 heterocycles. The number of aromatic nitrogens is 4. The number of hydrogen-bond donors (Lipinski definition) is 2. The molecule has 11 nitrogen and oxygen atoms in total. The fourth-order valence-corrected chi connectivity index (χ4v) is 6.86. The lowest BCUT2D eigenvalue weighted by atomic mass is 9.99. The van der Waals surface area contributed by atoms with Gasteiger partial charge in [0.1, 0.15) is 6.54 Å². The number of amides is 2. The first-order valence-corrected chi connectivity index (χ1v) is 15.5. The number of fused-ring (bicyclic) bond motifs is 2. The molecule has 6 rings (SSSR count). The van der Waals surface area contributed by atoms with Gasteiger partial charge in [-0.25, -0.2) is 4.79 Å². The number of carbonyl (C=O) groups excluding carboxylic acids is 2. The van der Waals surface area contributed by atoms with Gasteiger partial charge < -0.3 is 20.6 Å². The van der Waals surface area contributed by atoms with Crippen LogP contribution in [0.25, 0.3) is 22.3 Å². The van der Waals surface area contributed by atoms with Crippen LogP contribution < -0.4 is 11.4 Å². The highest BCUT2D eigenvalue weighted by atomic mass is 35.5. The van der Waals surface area contributed by atoms with Gasteiger partial charge in [-0.2, -0.15) is 5.10 Å². The molecule has 2 aliphatic heterocycles. The fraction of sp³-hybridized carbons (Fsp3) is 0.438. The summed E-state index contributed by atoms with van der Waals surface area (Å²) < 4.78 is 5.16. The van der Waals surface area contributed by atoms with E-state index in [2.05, 4.69) is 4.90 Å². The number of imidazole rings is 1. The number of aliphatic hydroxyl groups excluding tert-OH is 1. The van der Waals surface area contributed by atoms with E-state index in [1.54, 1.807) is 11.5 Å². The highest BCUT2D eigenvalue weighted by molar-refractivity contribution is 6.31. The van der Waals surface area contributed by atoms with Crippen molar-refractivity contribution in [2.45, 2.75) is 64.9 Å². The van der Waals surface area contributed by atoms with Gasteiger partial charge >= 0.3 is 5.69 Å². The quantitative estimate of drug-likeness (QED) is 0.312. The number of carbonyl (C=O) groups is 2. The molecular weight excluding hydrogens is 582 g/mol. The molecule has 0 radical (unpaired) electrons. The molecule has 0 bridgehead atoms. The Balaban J connectivity index is 1.16. The molecule has 1 unspecified atom stereocenters. The van der Waals surface area contributed by atoms with E-state index in [0.717, 1.165) is 59.5 Å². The molecule has 0 spiro atoms. The number of halogens is 1. The zero-order valence-electron chi connectivity index (χ0n) is 25.1. The second-order valence-electron chi connectivity index (χ2n) is 12.0. The monoisotopic (exact) mass is 619 g/mol. The zero-order chi connectivity index (χ0) is 31.1. The molecule has 2 aromatic heterocycles. The van der Waals surface area contributed by atoms with Crippen molar-refractivity contribution in [3.8, 4) is 11.3 Å². The van der Waals surface area contributed by atoms with E-state index in [0.29, 0.717) is 43.1 Å². The van der Waals surface area contributed by atoms with Crippen molar-refractivity contribution in [1.82, 2.24) is 28.7 Å². The van der Waals surface area contributed by atoms with Gasteiger partial charge in [-0.1, -0.05) is 29.8 Å². The Morgan fingerprint density at radius 2 is 1.82 bits per heavy atom. The van der Waals surface area contributed by atoms with Crippen molar-refractivity contribution in [2.75, 3.05) is 26.2 Å². The van der Waals surface area contributed by atoms with E-state index >= 15 is 0 Å². The molecule has 0 aliphatic carbocycles. The Kier molecular flexibility index (Phi) is 8.36. The van der Waals surface area contributed by atoms with E-state index in [1.165, 1.54) is 4.57 Å². The lowest BCUT2D eigenvalue weighted by molar-refractivity contribution is -0.129. The zero-order valence-corrected chi connectivity index (χ0v) is 25.8.